The Morgan fingerprint density at radius 1 is 1.44 bits per heavy atom. The average molecular weight is 223 g/mol. The second-order valence-corrected chi connectivity index (χ2v) is 4.79. The fourth-order valence-electron chi connectivity index (χ4n) is 2.33. The van der Waals surface area contributed by atoms with E-state index in [1.807, 2.05) is 25.3 Å². The van der Waals surface area contributed by atoms with E-state index in [2.05, 4.69) is 10.2 Å². The highest BCUT2D eigenvalue weighted by atomic mass is 16.4. The number of carbonyl (C=O) groups is 1. The average Bonchev–Trinajstić information content (AvgIpc) is 2.46. The molecule has 5 heteroatoms. The minimum absolute atomic E-state index is 0.193. The Kier molecular flexibility index (Phi) is 2.48. The molecule has 1 saturated carbocycles. The number of hydrogen-bond donors (Lipinski definition) is 1. The lowest BCUT2D eigenvalue weighted by Gasteiger charge is -2.40. The molecule has 0 radical (unpaired) electrons. The van der Waals surface area contributed by atoms with E-state index in [1.165, 1.54) is 0 Å². The third-order valence-electron chi connectivity index (χ3n) is 3.37. The number of hydrogen-bond acceptors (Lipinski definition) is 3. The lowest BCUT2D eigenvalue weighted by Crippen LogP contribution is -2.49. The Labute approximate surface area is 94.5 Å². The number of aliphatic carboxylic acids is 1. The molecule has 0 bridgehead atoms. The number of rotatable bonds is 3. The lowest BCUT2D eigenvalue weighted by molar-refractivity contribution is -0.152. The van der Waals surface area contributed by atoms with Crippen molar-refractivity contribution in [1.82, 2.24) is 14.8 Å². The van der Waals surface area contributed by atoms with E-state index in [0.717, 1.165) is 12.2 Å². The summed E-state index contributed by atoms with van der Waals surface area (Å²) in [5.41, 5.74) is -0.785. The van der Waals surface area contributed by atoms with Gasteiger partial charge in [0.25, 0.3) is 0 Å². The molecule has 2 rings (SSSR count). The summed E-state index contributed by atoms with van der Waals surface area (Å²) in [7, 11) is 0. The van der Waals surface area contributed by atoms with Crippen molar-refractivity contribution in [2.45, 2.75) is 51.5 Å². The highest BCUT2D eigenvalue weighted by molar-refractivity contribution is 5.78. The molecule has 5 nitrogen and oxygen atoms in total. The van der Waals surface area contributed by atoms with E-state index in [0.29, 0.717) is 18.7 Å². The van der Waals surface area contributed by atoms with Crippen LogP contribution in [0.25, 0.3) is 0 Å². The zero-order chi connectivity index (χ0) is 11.9. The van der Waals surface area contributed by atoms with Crippen LogP contribution >= 0.6 is 0 Å². The first-order chi connectivity index (χ1) is 7.49. The third-order valence-corrected chi connectivity index (χ3v) is 3.37. The number of nitrogens with zero attached hydrogens (tertiary/aromatic N) is 3. The van der Waals surface area contributed by atoms with Crippen molar-refractivity contribution in [3.05, 3.63) is 11.6 Å². The highest BCUT2D eigenvalue weighted by Crippen LogP contribution is 2.41. The second-order valence-electron chi connectivity index (χ2n) is 4.79. The minimum Gasteiger partial charge on any atom is -0.479 e. The Balaban J connectivity index is 2.53. The first-order valence-electron chi connectivity index (χ1n) is 5.65. The molecule has 88 valence electrons. The molecule has 0 spiro atoms. The fraction of sp³-hybridized carbons (Fsp3) is 0.727. The van der Waals surface area contributed by atoms with Gasteiger partial charge in [-0.2, -0.15) is 0 Å². The summed E-state index contributed by atoms with van der Waals surface area (Å²) in [5.74, 6) is 0.909. The lowest BCUT2D eigenvalue weighted by atomic mass is 9.76. The van der Waals surface area contributed by atoms with Crippen LogP contribution in [0.5, 0.6) is 0 Å². The van der Waals surface area contributed by atoms with Crippen LogP contribution in [0.1, 0.15) is 50.7 Å². The number of carboxylic acid groups (broad SMARTS) is 1. The van der Waals surface area contributed by atoms with Gasteiger partial charge in [0.1, 0.15) is 17.2 Å². The summed E-state index contributed by atoms with van der Waals surface area (Å²) in [6, 6.07) is 0. The number of aromatic nitrogens is 3. The molecule has 1 aromatic rings. The summed E-state index contributed by atoms with van der Waals surface area (Å²) in [4.78, 5) is 11.5. The molecule has 0 atom stereocenters. The van der Waals surface area contributed by atoms with Crippen molar-refractivity contribution in [2.24, 2.45) is 0 Å². The van der Waals surface area contributed by atoms with Crippen LogP contribution in [0.4, 0.5) is 0 Å². The maximum Gasteiger partial charge on any atom is 0.329 e. The molecule has 0 saturated heterocycles. The molecule has 1 fully saturated rings. The standard InChI is InChI=1S/C11H17N3O2/c1-7(2)9-13-12-8(3)14(9)11(10(15)16)5-4-6-11/h7H,4-6H2,1-3H3,(H,15,16). The van der Waals surface area contributed by atoms with E-state index in [-0.39, 0.29) is 5.92 Å². The van der Waals surface area contributed by atoms with Gasteiger partial charge >= 0.3 is 5.97 Å². The molecule has 0 aromatic carbocycles. The molecule has 16 heavy (non-hydrogen) atoms. The molecule has 1 N–H and O–H groups in total. The minimum atomic E-state index is -0.785. The van der Waals surface area contributed by atoms with Crippen molar-refractivity contribution in [3.63, 3.8) is 0 Å². The first-order valence-corrected chi connectivity index (χ1v) is 5.65. The van der Waals surface area contributed by atoms with E-state index in [9.17, 15) is 9.90 Å². The zero-order valence-corrected chi connectivity index (χ0v) is 9.90. The van der Waals surface area contributed by atoms with Crippen LogP contribution in [0.3, 0.4) is 0 Å². The molecule has 0 amide bonds. The van der Waals surface area contributed by atoms with Gasteiger partial charge in [-0.15, -0.1) is 10.2 Å². The van der Waals surface area contributed by atoms with Crippen molar-refractivity contribution in [2.75, 3.05) is 0 Å². The van der Waals surface area contributed by atoms with E-state index < -0.39 is 11.5 Å². The topological polar surface area (TPSA) is 68.0 Å². The van der Waals surface area contributed by atoms with Gasteiger partial charge in [0, 0.05) is 5.92 Å². The summed E-state index contributed by atoms with van der Waals surface area (Å²) in [5, 5.41) is 17.5. The van der Waals surface area contributed by atoms with Crippen LogP contribution in [-0.2, 0) is 10.3 Å². The summed E-state index contributed by atoms with van der Waals surface area (Å²) in [6.45, 7) is 5.84. The van der Waals surface area contributed by atoms with Gasteiger partial charge in [-0.25, -0.2) is 4.79 Å². The molecular weight excluding hydrogens is 206 g/mol. The van der Waals surface area contributed by atoms with Crippen molar-refractivity contribution in [1.29, 1.82) is 0 Å². The monoisotopic (exact) mass is 223 g/mol. The Bertz CT molecular complexity index is 419. The molecular formula is C11H17N3O2. The van der Waals surface area contributed by atoms with Crippen LogP contribution in [0, 0.1) is 6.92 Å². The van der Waals surface area contributed by atoms with Gasteiger partial charge in [-0.05, 0) is 26.2 Å². The number of aryl methyl sites for hydroxylation is 1. The van der Waals surface area contributed by atoms with Gasteiger partial charge in [-0.1, -0.05) is 13.8 Å². The highest BCUT2D eigenvalue weighted by Gasteiger charge is 2.48. The third kappa shape index (κ3) is 1.34. The molecule has 1 aromatic heterocycles. The van der Waals surface area contributed by atoms with Crippen molar-refractivity contribution >= 4 is 5.97 Å². The molecule has 1 aliphatic carbocycles. The largest absolute Gasteiger partial charge is 0.479 e. The summed E-state index contributed by atoms with van der Waals surface area (Å²) in [6.07, 6.45) is 2.32. The van der Waals surface area contributed by atoms with E-state index >= 15 is 0 Å². The van der Waals surface area contributed by atoms with Gasteiger partial charge < -0.3 is 5.11 Å². The van der Waals surface area contributed by atoms with Gasteiger partial charge in [0.15, 0.2) is 0 Å². The van der Waals surface area contributed by atoms with Crippen molar-refractivity contribution in [3.8, 4) is 0 Å². The maximum atomic E-state index is 11.5. The van der Waals surface area contributed by atoms with Crippen LogP contribution in [0.15, 0.2) is 0 Å². The predicted octanol–water partition coefficient (Wildman–Crippen LogP) is 1.67. The number of carboxylic acids is 1. The maximum absolute atomic E-state index is 11.5. The van der Waals surface area contributed by atoms with Crippen molar-refractivity contribution < 1.29 is 9.90 Å². The van der Waals surface area contributed by atoms with Gasteiger partial charge in [0.05, 0.1) is 0 Å². The summed E-state index contributed by atoms with van der Waals surface area (Å²) < 4.78 is 1.82. The normalized spacial score (nSPS) is 18.5. The molecule has 1 aliphatic rings. The van der Waals surface area contributed by atoms with Gasteiger partial charge in [-0.3, -0.25) is 4.57 Å². The Hall–Kier alpha value is -1.39. The van der Waals surface area contributed by atoms with Crippen LogP contribution in [0.2, 0.25) is 0 Å². The fourth-order valence-corrected chi connectivity index (χ4v) is 2.33. The molecule has 0 aliphatic heterocycles. The zero-order valence-electron chi connectivity index (χ0n) is 9.90. The second kappa shape index (κ2) is 3.57. The smallest absolute Gasteiger partial charge is 0.329 e. The van der Waals surface area contributed by atoms with Gasteiger partial charge in [0.2, 0.25) is 0 Å². The SMILES string of the molecule is Cc1nnc(C(C)C)n1C1(C(=O)O)CCC1. The quantitative estimate of drug-likeness (QED) is 0.846. The van der Waals surface area contributed by atoms with E-state index in [1.54, 1.807) is 0 Å². The molecule has 0 unspecified atom stereocenters. The van der Waals surface area contributed by atoms with E-state index in [4.69, 9.17) is 0 Å². The molecule has 1 heterocycles. The summed E-state index contributed by atoms with van der Waals surface area (Å²) >= 11 is 0. The Morgan fingerprint density at radius 3 is 2.44 bits per heavy atom. The van der Waals surface area contributed by atoms with Crippen LogP contribution < -0.4 is 0 Å². The Morgan fingerprint density at radius 2 is 2.06 bits per heavy atom. The predicted molar refractivity (Wildman–Crippen MR) is 58.3 cm³/mol. The first kappa shape index (κ1) is 11.1. The van der Waals surface area contributed by atoms with Crippen LogP contribution in [-0.4, -0.2) is 25.8 Å².